The minimum absolute atomic E-state index is 0.0890. The van der Waals surface area contributed by atoms with E-state index in [0.29, 0.717) is 0 Å². The van der Waals surface area contributed by atoms with Crippen LogP contribution in [0.5, 0.6) is 0 Å². The number of piperidine rings is 1. The lowest BCUT2D eigenvalue weighted by molar-refractivity contribution is -0.0382. The van der Waals surface area contributed by atoms with Crippen molar-refractivity contribution in [2.45, 2.75) is 50.3 Å². The summed E-state index contributed by atoms with van der Waals surface area (Å²) < 4.78 is 0. The molecule has 0 aromatic carbocycles. The fourth-order valence-electron chi connectivity index (χ4n) is 2.17. The molecule has 0 aromatic rings. The summed E-state index contributed by atoms with van der Waals surface area (Å²) in [5.41, 5.74) is 5.18. The lowest BCUT2D eigenvalue weighted by Gasteiger charge is -2.40. The minimum Gasteiger partial charge on any atom is -0.388 e. The third-order valence-electron chi connectivity index (χ3n) is 3.57. The molecule has 1 saturated carbocycles. The van der Waals surface area contributed by atoms with Gasteiger partial charge in [-0.05, 0) is 32.6 Å². The second kappa shape index (κ2) is 3.23. The largest absolute Gasteiger partial charge is 0.388 e. The van der Waals surface area contributed by atoms with Gasteiger partial charge in [0.05, 0.1) is 5.60 Å². The van der Waals surface area contributed by atoms with Gasteiger partial charge in [-0.15, -0.1) is 0 Å². The monoisotopic (exact) mass is 184 g/mol. The van der Waals surface area contributed by atoms with E-state index in [1.807, 2.05) is 6.92 Å². The van der Waals surface area contributed by atoms with E-state index in [-0.39, 0.29) is 6.04 Å². The smallest absolute Gasteiger partial charge is 0.0819 e. The molecule has 0 aromatic heterocycles. The van der Waals surface area contributed by atoms with Crippen LogP contribution in [0.4, 0.5) is 0 Å². The maximum absolute atomic E-state index is 10.1. The van der Waals surface area contributed by atoms with Crippen LogP contribution in [-0.4, -0.2) is 40.8 Å². The Hall–Kier alpha value is -0.120. The number of nitrogens with zero attached hydrogens (tertiary/aromatic N) is 1. The molecule has 1 atom stereocenters. The van der Waals surface area contributed by atoms with Crippen LogP contribution in [0.15, 0.2) is 0 Å². The normalized spacial score (nSPS) is 31.6. The Labute approximate surface area is 79.9 Å². The highest BCUT2D eigenvalue weighted by molar-refractivity contribution is 4.95. The Morgan fingerprint density at radius 3 is 2.31 bits per heavy atom. The Bertz CT molecular complexity index is 181. The molecule has 1 unspecified atom stereocenters. The highest BCUT2D eigenvalue weighted by atomic mass is 16.3. The highest BCUT2D eigenvalue weighted by Crippen LogP contribution is 2.33. The summed E-state index contributed by atoms with van der Waals surface area (Å²) in [6.07, 6.45) is 4.41. The summed E-state index contributed by atoms with van der Waals surface area (Å²) in [6.45, 7) is 3.97. The zero-order valence-electron chi connectivity index (χ0n) is 8.37. The first-order valence-corrected chi connectivity index (χ1v) is 5.34. The molecule has 2 rings (SSSR count). The summed E-state index contributed by atoms with van der Waals surface area (Å²) in [6, 6.07) is 0.742. The van der Waals surface area contributed by atoms with E-state index in [0.717, 1.165) is 32.0 Å². The summed E-state index contributed by atoms with van der Waals surface area (Å²) in [4.78, 5) is 2.50. The molecule has 1 saturated heterocycles. The number of hydrogen-bond acceptors (Lipinski definition) is 3. The van der Waals surface area contributed by atoms with Crippen molar-refractivity contribution in [2.75, 3.05) is 13.1 Å². The van der Waals surface area contributed by atoms with E-state index < -0.39 is 5.60 Å². The Kier molecular flexibility index (Phi) is 2.34. The molecule has 1 aliphatic carbocycles. The Morgan fingerprint density at radius 1 is 1.38 bits per heavy atom. The molecule has 3 N–H and O–H groups in total. The van der Waals surface area contributed by atoms with E-state index in [4.69, 9.17) is 5.73 Å². The molecule has 3 heteroatoms. The minimum atomic E-state index is -0.592. The van der Waals surface area contributed by atoms with E-state index in [1.165, 1.54) is 12.8 Å². The van der Waals surface area contributed by atoms with Crippen LogP contribution in [0.2, 0.25) is 0 Å². The number of hydrogen-bond donors (Lipinski definition) is 2. The first-order valence-electron chi connectivity index (χ1n) is 5.34. The quantitative estimate of drug-likeness (QED) is 0.650. The molecule has 2 fully saturated rings. The first-order chi connectivity index (χ1) is 6.12. The lowest BCUT2D eigenvalue weighted by Crippen LogP contribution is -2.53. The Morgan fingerprint density at radius 2 is 1.92 bits per heavy atom. The van der Waals surface area contributed by atoms with E-state index >= 15 is 0 Å². The van der Waals surface area contributed by atoms with Crippen LogP contribution in [0.25, 0.3) is 0 Å². The molecular formula is C10H20N2O. The van der Waals surface area contributed by atoms with Crippen LogP contribution >= 0.6 is 0 Å². The van der Waals surface area contributed by atoms with Gasteiger partial charge in [-0.1, -0.05) is 0 Å². The molecule has 76 valence electrons. The summed E-state index contributed by atoms with van der Waals surface area (Å²) >= 11 is 0. The van der Waals surface area contributed by atoms with Crippen molar-refractivity contribution in [2.24, 2.45) is 5.73 Å². The maximum Gasteiger partial charge on any atom is 0.0819 e. The second-order valence-corrected chi connectivity index (χ2v) is 4.66. The van der Waals surface area contributed by atoms with E-state index in [9.17, 15) is 5.11 Å². The van der Waals surface area contributed by atoms with Gasteiger partial charge >= 0.3 is 0 Å². The van der Waals surface area contributed by atoms with Crippen LogP contribution in [0.1, 0.15) is 32.6 Å². The van der Waals surface area contributed by atoms with Crippen LogP contribution in [0, 0.1) is 0 Å². The molecular weight excluding hydrogens is 164 g/mol. The van der Waals surface area contributed by atoms with Gasteiger partial charge in [-0.3, -0.25) is 0 Å². The number of nitrogens with two attached hydrogens (primary N) is 1. The molecule has 0 radical (unpaired) electrons. The fraction of sp³-hybridized carbons (Fsp3) is 1.00. The van der Waals surface area contributed by atoms with Crippen molar-refractivity contribution < 1.29 is 5.11 Å². The SMILES string of the molecule is CC(N)C1(O)CCN(C2CC2)CC1. The van der Waals surface area contributed by atoms with Gasteiger partial charge in [0.25, 0.3) is 0 Å². The lowest BCUT2D eigenvalue weighted by atomic mass is 9.85. The van der Waals surface area contributed by atoms with Gasteiger partial charge in [0, 0.05) is 25.2 Å². The maximum atomic E-state index is 10.1. The third kappa shape index (κ3) is 1.87. The Balaban J connectivity index is 1.87. The molecule has 0 amide bonds. The van der Waals surface area contributed by atoms with Crippen molar-refractivity contribution in [1.82, 2.24) is 4.90 Å². The van der Waals surface area contributed by atoms with Crippen LogP contribution in [-0.2, 0) is 0 Å². The zero-order chi connectivity index (χ0) is 9.47. The second-order valence-electron chi connectivity index (χ2n) is 4.66. The van der Waals surface area contributed by atoms with Crippen molar-refractivity contribution >= 4 is 0 Å². The van der Waals surface area contributed by atoms with Gasteiger partial charge in [0.1, 0.15) is 0 Å². The van der Waals surface area contributed by atoms with Crippen molar-refractivity contribution in [3.8, 4) is 0 Å². The third-order valence-corrected chi connectivity index (χ3v) is 3.57. The standard InChI is InChI=1S/C10H20N2O/c1-8(11)10(13)4-6-12(7-5-10)9-2-3-9/h8-9,13H,2-7,11H2,1H3. The van der Waals surface area contributed by atoms with E-state index in [2.05, 4.69) is 4.90 Å². The molecule has 1 aliphatic heterocycles. The average Bonchev–Trinajstić information content (AvgIpc) is 2.88. The molecule has 3 nitrogen and oxygen atoms in total. The number of aliphatic hydroxyl groups is 1. The molecule has 1 heterocycles. The predicted molar refractivity (Wildman–Crippen MR) is 52.4 cm³/mol. The van der Waals surface area contributed by atoms with Gasteiger partial charge in [-0.2, -0.15) is 0 Å². The van der Waals surface area contributed by atoms with Gasteiger partial charge in [0.15, 0.2) is 0 Å². The average molecular weight is 184 g/mol. The first kappa shape index (κ1) is 9.44. The van der Waals surface area contributed by atoms with Crippen molar-refractivity contribution in [3.63, 3.8) is 0 Å². The number of rotatable bonds is 2. The summed E-state index contributed by atoms with van der Waals surface area (Å²) in [5.74, 6) is 0. The van der Waals surface area contributed by atoms with Crippen molar-refractivity contribution in [1.29, 1.82) is 0 Å². The summed E-state index contributed by atoms with van der Waals surface area (Å²) in [5, 5.41) is 10.1. The van der Waals surface area contributed by atoms with Gasteiger partial charge in [-0.25, -0.2) is 0 Å². The van der Waals surface area contributed by atoms with E-state index in [1.54, 1.807) is 0 Å². The van der Waals surface area contributed by atoms with Crippen molar-refractivity contribution in [3.05, 3.63) is 0 Å². The summed E-state index contributed by atoms with van der Waals surface area (Å²) in [7, 11) is 0. The molecule has 0 spiro atoms. The number of likely N-dealkylation sites (tertiary alicyclic amines) is 1. The predicted octanol–water partition coefficient (Wildman–Crippen LogP) is 0.323. The molecule has 2 aliphatic rings. The zero-order valence-corrected chi connectivity index (χ0v) is 8.37. The highest BCUT2D eigenvalue weighted by Gasteiger charge is 2.39. The fourth-order valence-corrected chi connectivity index (χ4v) is 2.17. The van der Waals surface area contributed by atoms with Crippen LogP contribution in [0.3, 0.4) is 0 Å². The topological polar surface area (TPSA) is 49.5 Å². The van der Waals surface area contributed by atoms with Gasteiger partial charge in [0.2, 0.25) is 0 Å². The molecule has 0 bridgehead atoms. The molecule has 13 heavy (non-hydrogen) atoms. The van der Waals surface area contributed by atoms with Gasteiger partial charge < -0.3 is 15.7 Å². The van der Waals surface area contributed by atoms with Crippen LogP contribution < -0.4 is 5.73 Å².